The summed E-state index contributed by atoms with van der Waals surface area (Å²) in [5, 5.41) is 13.8. The van der Waals surface area contributed by atoms with Gasteiger partial charge in [0.15, 0.2) is 0 Å². The first-order valence-electron chi connectivity index (χ1n) is 6.94. The van der Waals surface area contributed by atoms with E-state index < -0.39 is 0 Å². The van der Waals surface area contributed by atoms with E-state index in [2.05, 4.69) is 57.5 Å². The van der Waals surface area contributed by atoms with E-state index in [-0.39, 0.29) is 0 Å². The van der Waals surface area contributed by atoms with Gasteiger partial charge in [-0.2, -0.15) is 0 Å². The highest BCUT2D eigenvalue weighted by Gasteiger charge is 2.12. The molecule has 21 heavy (non-hydrogen) atoms. The molecule has 1 unspecified atom stereocenters. The van der Waals surface area contributed by atoms with Crippen LogP contribution in [0.1, 0.15) is 12.0 Å². The van der Waals surface area contributed by atoms with E-state index in [0.717, 1.165) is 23.9 Å². The Labute approximate surface area is 123 Å². The quantitative estimate of drug-likeness (QED) is 0.289. The standard InChI is InChI=1S/C16H17N5/c17-16(19-20-18)14-6-7-15-13(10-14)8-9-21(15)11-12-4-2-1-3-5-12/h1-4,6-10,12H,5,11H2,(H3,17,18,19)/p+1. The minimum absolute atomic E-state index is 0.326. The van der Waals surface area contributed by atoms with Gasteiger partial charge in [-0.15, -0.1) is 0 Å². The number of fused-ring (bicyclic) bond motifs is 1. The van der Waals surface area contributed by atoms with E-state index >= 15 is 0 Å². The second kappa shape index (κ2) is 5.75. The van der Waals surface area contributed by atoms with Crippen molar-refractivity contribution in [2.24, 2.45) is 22.1 Å². The van der Waals surface area contributed by atoms with Crippen LogP contribution in [0, 0.1) is 5.92 Å². The molecule has 4 N–H and O–H groups in total. The highest BCUT2D eigenvalue weighted by Crippen LogP contribution is 2.21. The van der Waals surface area contributed by atoms with Gasteiger partial charge in [-0.05, 0) is 36.6 Å². The second-order valence-corrected chi connectivity index (χ2v) is 5.15. The monoisotopic (exact) mass is 280 g/mol. The van der Waals surface area contributed by atoms with Crippen molar-refractivity contribution >= 4 is 16.7 Å². The van der Waals surface area contributed by atoms with Crippen molar-refractivity contribution in [3.8, 4) is 0 Å². The molecule has 1 aliphatic rings. The molecule has 0 saturated carbocycles. The van der Waals surface area contributed by atoms with Gasteiger partial charge in [0, 0.05) is 28.9 Å². The van der Waals surface area contributed by atoms with E-state index in [0.29, 0.717) is 11.8 Å². The van der Waals surface area contributed by atoms with Crippen LogP contribution >= 0.6 is 0 Å². The van der Waals surface area contributed by atoms with E-state index in [1.807, 2.05) is 12.1 Å². The Bertz CT molecular complexity index is 751. The van der Waals surface area contributed by atoms with Gasteiger partial charge >= 0.3 is 5.84 Å². The summed E-state index contributed by atoms with van der Waals surface area (Å²) < 4.78 is 2.27. The summed E-state index contributed by atoms with van der Waals surface area (Å²) in [4.78, 5) is 0. The van der Waals surface area contributed by atoms with Crippen molar-refractivity contribution in [3.05, 3.63) is 60.3 Å². The number of nitrogens with zero attached hydrogens (tertiary/aromatic N) is 3. The maximum absolute atomic E-state index is 5.81. The Kier molecular flexibility index (Phi) is 3.64. The molecule has 1 aromatic carbocycles. The molecule has 1 heterocycles. The molecule has 5 heteroatoms. The first kappa shape index (κ1) is 13.3. The molecule has 1 aliphatic carbocycles. The highest BCUT2D eigenvalue weighted by atomic mass is 15.3. The Morgan fingerprint density at radius 1 is 1.33 bits per heavy atom. The summed E-state index contributed by atoms with van der Waals surface area (Å²) in [6.07, 6.45) is 11.9. The van der Waals surface area contributed by atoms with Crippen LogP contribution in [0.5, 0.6) is 0 Å². The molecule has 0 spiro atoms. The molecule has 3 rings (SSSR count). The molecule has 0 fully saturated rings. The van der Waals surface area contributed by atoms with Gasteiger partial charge in [0.1, 0.15) is 0 Å². The lowest BCUT2D eigenvalue weighted by Gasteiger charge is -2.14. The average molecular weight is 280 g/mol. The van der Waals surface area contributed by atoms with Gasteiger partial charge in [-0.1, -0.05) is 24.3 Å². The Balaban J connectivity index is 1.87. The lowest BCUT2D eigenvalue weighted by molar-refractivity contribution is -0.114. The van der Waals surface area contributed by atoms with Gasteiger partial charge in [0.05, 0.1) is 10.7 Å². The predicted octanol–water partition coefficient (Wildman–Crippen LogP) is 1.61. The van der Waals surface area contributed by atoms with E-state index in [1.54, 1.807) is 0 Å². The van der Waals surface area contributed by atoms with Crippen molar-refractivity contribution in [1.29, 1.82) is 0 Å². The molecule has 0 bridgehead atoms. The van der Waals surface area contributed by atoms with Crippen LogP contribution < -0.4 is 11.3 Å². The molecular formula is C16H18N5+. The molecule has 0 radical (unpaired) electrons. The van der Waals surface area contributed by atoms with Crippen molar-refractivity contribution in [2.75, 3.05) is 0 Å². The van der Waals surface area contributed by atoms with Gasteiger partial charge < -0.3 is 4.57 Å². The van der Waals surface area contributed by atoms with E-state index in [4.69, 9.17) is 11.3 Å². The van der Waals surface area contributed by atoms with Crippen LogP contribution in [-0.2, 0) is 6.54 Å². The first-order valence-corrected chi connectivity index (χ1v) is 6.94. The van der Waals surface area contributed by atoms with Crippen LogP contribution in [0.3, 0.4) is 0 Å². The first-order chi connectivity index (χ1) is 10.3. The zero-order valence-corrected chi connectivity index (χ0v) is 11.7. The molecule has 0 amide bonds. The van der Waals surface area contributed by atoms with E-state index in [9.17, 15) is 0 Å². The van der Waals surface area contributed by atoms with Crippen LogP contribution in [0.25, 0.3) is 10.9 Å². The fourth-order valence-electron chi connectivity index (χ4n) is 2.66. The van der Waals surface area contributed by atoms with Crippen molar-refractivity contribution in [2.45, 2.75) is 13.0 Å². The van der Waals surface area contributed by atoms with Gasteiger partial charge in [0.2, 0.25) is 0 Å². The Hall–Kier alpha value is -2.69. The fourth-order valence-corrected chi connectivity index (χ4v) is 2.66. The smallest absolute Gasteiger partial charge is 0.347 e. The number of nitrogens with two attached hydrogens (primary N) is 2. The predicted molar refractivity (Wildman–Crippen MR) is 83.4 cm³/mol. The maximum atomic E-state index is 5.81. The van der Waals surface area contributed by atoms with E-state index in [1.165, 1.54) is 5.52 Å². The fraction of sp³-hybridized carbons (Fsp3) is 0.188. The van der Waals surface area contributed by atoms with Crippen LogP contribution in [0.4, 0.5) is 0 Å². The number of rotatable bonds is 3. The largest absolute Gasteiger partial charge is 0.350 e. The number of allylic oxidation sites excluding steroid dienone is 4. The van der Waals surface area contributed by atoms with Crippen LogP contribution in [0.15, 0.2) is 65.1 Å². The maximum Gasteiger partial charge on any atom is 0.350 e. The van der Waals surface area contributed by atoms with Gasteiger partial charge in [0.25, 0.3) is 0 Å². The lowest BCUT2D eigenvalue weighted by Crippen LogP contribution is -2.38. The number of hydrogen-bond acceptors (Lipinski definition) is 1. The number of aromatic nitrogens is 1. The number of benzene rings is 1. The molecule has 0 aliphatic heterocycles. The zero-order valence-electron chi connectivity index (χ0n) is 11.7. The number of amidine groups is 1. The normalized spacial score (nSPS) is 17.8. The summed E-state index contributed by atoms with van der Waals surface area (Å²) in [5.74, 6) is 5.90. The van der Waals surface area contributed by atoms with Gasteiger partial charge in [-0.3, -0.25) is 11.3 Å². The van der Waals surface area contributed by atoms with Crippen molar-refractivity contribution < 1.29 is 5.41 Å². The molecule has 5 nitrogen and oxygen atoms in total. The summed E-state index contributed by atoms with van der Waals surface area (Å²) in [5.41, 5.74) is 2.02. The minimum atomic E-state index is 0.326. The lowest BCUT2D eigenvalue weighted by atomic mass is 10.0. The summed E-state index contributed by atoms with van der Waals surface area (Å²) in [7, 11) is 0. The third-order valence-corrected chi connectivity index (χ3v) is 3.73. The summed E-state index contributed by atoms with van der Waals surface area (Å²) in [6, 6.07) is 8.10. The summed E-state index contributed by atoms with van der Waals surface area (Å²) >= 11 is 0. The number of hydrogen-bond donors (Lipinski definition) is 2. The molecule has 106 valence electrons. The summed E-state index contributed by atoms with van der Waals surface area (Å²) in [6.45, 7) is 0.978. The highest BCUT2D eigenvalue weighted by molar-refractivity contribution is 5.98. The van der Waals surface area contributed by atoms with Crippen molar-refractivity contribution in [1.82, 2.24) is 4.57 Å². The Morgan fingerprint density at radius 3 is 3.00 bits per heavy atom. The second-order valence-electron chi connectivity index (χ2n) is 5.15. The average Bonchev–Trinajstić information content (AvgIpc) is 2.91. The van der Waals surface area contributed by atoms with Gasteiger partial charge in [-0.25, -0.2) is 0 Å². The van der Waals surface area contributed by atoms with Crippen LogP contribution in [0.2, 0.25) is 0 Å². The third kappa shape index (κ3) is 2.76. The molecule has 1 aromatic heterocycles. The zero-order chi connectivity index (χ0) is 14.7. The SMILES string of the molecule is NN=NC(=[NH2+])c1ccc2c(ccn2CC2C=CC=CC2)c1. The van der Waals surface area contributed by atoms with Crippen LogP contribution in [-0.4, -0.2) is 10.4 Å². The molecule has 0 saturated heterocycles. The Morgan fingerprint density at radius 2 is 2.24 bits per heavy atom. The minimum Gasteiger partial charge on any atom is -0.347 e. The third-order valence-electron chi connectivity index (χ3n) is 3.73. The molecule has 1 atom stereocenters. The van der Waals surface area contributed by atoms with Crippen molar-refractivity contribution in [3.63, 3.8) is 0 Å². The topological polar surface area (TPSA) is 81.3 Å². The molecule has 2 aromatic rings. The molecular weight excluding hydrogens is 262 g/mol.